The van der Waals surface area contributed by atoms with E-state index in [0.717, 1.165) is 0 Å². The summed E-state index contributed by atoms with van der Waals surface area (Å²) >= 11 is 0. The molecule has 0 aromatic heterocycles. The Bertz CT molecular complexity index is 300. The predicted molar refractivity (Wildman–Crippen MR) is 56.0 cm³/mol. The molecule has 0 radical (unpaired) electrons. The highest BCUT2D eigenvalue weighted by atomic mass is 16.3. The van der Waals surface area contributed by atoms with E-state index in [9.17, 15) is 5.11 Å². The van der Waals surface area contributed by atoms with Crippen LogP contribution < -0.4 is 0 Å². The van der Waals surface area contributed by atoms with Gasteiger partial charge in [0.1, 0.15) is 0 Å². The normalized spacial score (nSPS) is 11.8. The van der Waals surface area contributed by atoms with Gasteiger partial charge in [-0.25, -0.2) is 0 Å². The van der Waals surface area contributed by atoms with E-state index in [2.05, 4.69) is 45.9 Å². The summed E-state index contributed by atoms with van der Waals surface area (Å²) in [5.41, 5.74) is 3.65. The van der Waals surface area contributed by atoms with Gasteiger partial charge in [0, 0.05) is 5.41 Å². The van der Waals surface area contributed by atoms with Crippen molar-refractivity contribution in [2.75, 3.05) is 6.61 Å². The van der Waals surface area contributed by atoms with Gasteiger partial charge in [-0.15, -0.1) is 0 Å². The molecule has 0 spiro atoms. The smallest absolute Gasteiger partial charge is 0.0522 e. The first kappa shape index (κ1) is 10.3. The highest BCUT2D eigenvalue weighted by molar-refractivity contribution is 5.35. The van der Waals surface area contributed by atoms with E-state index in [0.29, 0.717) is 0 Å². The maximum atomic E-state index is 9.24. The average molecular weight is 178 g/mol. The van der Waals surface area contributed by atoms with Crippen molar-refractivity contribution < 1.29 is 5.11 Å². The zero-order valence-corrected chi connectivity index (χ0v) is 8.89. The lowest BCUT2D eigenvalue weighted by Crippen LogP contribution is -2.23. The monoisotopic (exact) mass is 178 g/mol. The maximum Gasteiger partial charge on any atom is 0.0522 e. The van der Waals surface area contributed by atoms with Gasteiger partial charge in [-0.2, -0.15) is 0 Å². The Kier molecular flexibility index (Phi) is 2.77. The molecule has 0 saturated carbocycles. The standard InChI is InChI=1S/C12H18O/c1-9-5-6-11(10(2)7-9)12(3,4)8-13/h5-7,13H,8H2,1-4H3. The molecule has 0 aliphatic rings. The van der Waals surface area contributed by atoms with Crippen LogP contribution in [-0.2, 0) is 5.41 Å². The fraction of sp³-hybridized carbons (Fsp3) is 0.500. The molecule has 0 bridgehead atoms. The minimum absolute atomic E-state index is 0.127. The van der Waals surface area contributed by atoms with Crippen LogP contribution in [0.5, 0.6) is 0 Å². The largest absolute Gasteiger partial charge is 0.395 e. The number of hydrogen-bond donors (Lipinski definition) is 1. The zero-order valence-electron chi connectivity index (χ0n) is 8.89. The van der Waals surface area contributed by atoms with Crippen LogP contribution in [0, 0.1) is 13.8 Å². The summed E-state index contributed by atoms with van der Waals surface area (Å²) in [7, 11) is 0. The Morgan fingerprint density at radius 1 is 1.23 bits per heavy atom. The molecule has 1 N–H and O–H groups in total. The first-order valence-corrected chi connectivity index (χ1v) is 4.66. The minimum Gasteiger partial charge on any atom is -0.395 e. The summed E-state index contributed by atoms with van der Waals surface area (Å²) in [5, 5.41) is 9.24. The highest BCUT2D eigenvalue weighted by Crippen LogP contribution is 2.26. The quantitative estimate of drug-likeness (QED) is 0.738. The van der Waals surface area contributed by atoms with Crippen LogP contribution in [0.3, 0.4) is 0 Å². The number of aryl methyl sites for hydroxylation is 2. The van der Waals surface area contributed by atoms with Gasteiger partial charge in [-0.1, -0.05) is 37.6 Å². The van der Waals surface area contributed by atoms with Crippen LogP contribution in [0.4, 0.5) is 0 Å². The lowest BCUT2D eigenvalue weighted by Gasteiger charge is -2.24. The van der Waals surface area contributed by atoms with Crippen LogP contribution in [0.1, 0.15) is 30.5 Å². The Labute approximate surface area is 80.4 Å². The Balaban J connectivity index is 3.16. The van der Waals surface area contributed by atoms with Gasteiger partial charge >= 0.3 is 0 Å². The molecule has 0 aliphatic heterocycles. The number of aliphatic hydroxyl groups is 1. The van der Waals surface area contributed by atoms with Crippen molar-refractivity contribution in [3.05, 3.63) is 34.9 Å². The fourth-order valence-corrected chi connectivity index (χ4v) is 1.66. The third kappa shape index (κ3) is 2.10. The van der Waals surface area contributed by atoms with Crippen molar-refractivity contribution in [2.45, 2.75) is 33.1 Å². The van der Waals surface area contributed by atoms with Gasteiger partial charge in [-0.05, 0) is 25.0 Å². The van der Waals surface area contributed by atoms with Gasteiger partial charge in [0.05, 0.1) is 6.61 Å². The van der Waals surface area contributed by atoms with Crippen molar-refractivity contribution in [1.82, 2.24) is 0 Å². The third-order valence-electron chi connectivity index (χ3n) is 2.51. The van der Waals surface area contributed by atoms with E-state index in [1.807, 2.05) is 0 Å². The Hall–Kier alpha value is -0.820. The molecule has 13 heavy (non-hydrogen) atoms. The van der Waals surface area contributed by atoms with Gasteiger partial charge in [0.15, 0.2) is 0 Å². The van der Waals surface area contributed by atoms with E-state index in [1.54, 1.807) is 0 Å². The van der Waals surface area contributed by atoms with E-state index in [-0.39, 0.29) is 12.0 Å². The molecule has 0 heterocycles. The molecule has 0 unspecified atom stereocenters. The minimum atomic E-state index is -0.127. The Morgan fingerprint density at radius 2 is 1.85 bits per heavy atom. The van der Waals surface area contributed by atoms with E-state index >= 15 is 0 Å². The second-order valence-electron chi connectivity index (χ2n) is 4.36. The molecule has 1 heteroatoms. The summed E-state index contributed by atoms with van der Waals surface area (Å²) in [6.07, 6.45) is 0. The summed E-state index contributed by atoms with van der Waals surface area (Å²) < 4.78 is 0. The predicted octanol–water partition coefficient (Wildman–Crippen LogP) is 2.57. The molecule has 1 aromatic carbocycles. The zero-order chi connectivity index (χ0) is 10.1. The fourth-order valence-electron chi connectivity index (χ4n) is 1.66. The maximum absolute atomic E-state index is 9.24. The second kappa shape index (κ2) is 3.51. The lowest BCUT2D eigenvalue weighted by atomic mass is 9.82. The average Bonchev–Trinajstić information content (AvgIpc) is 2.03. The van der Waals surface area contributed by atoms with Gasteiger partial charge < -0.3 is 5.11 Å². The molecule has 1 aromatic rings. The summed E-state index contributed by atoms with van der Waals surface area (Å²) in [4.78, 5) is 0. The molecule has 72 valence electrons. The van der Waals surface area contributed by atoms with Crippen molar-refractivity contribution in [3.8, 4) is 0 Å². The molecular formula is C12H18O. The topological polar surface area (TPSA) is 20.2 Å². The van der Waals surface area contributed by atoms with Crippen molar-refractivity contribution >= 4 is 0 Å². The molecule has 0 amide bonds. The summed E-state index contributed by atoms with van der Waals surface area (Å²) in [5.74, 6) is 0. The third-order valence-corrected chi connectivity index (χ3v) is 2.51. The summed E-state index contributed by atoms with van der Waals surface area (Å²) in [6, 6.07) is 6.37. The van der Waals surface area contributed by atoms with Crippen LogP contribution >= 0.6 is 0 Å². The molecule has 1 rings (SSSR count). The molecular weight excluding hydrogens is 160 g/mol. The highest BCUT2D eigenvalue weighted by Gasteiger charge is 2.20. The first-order chi connectivity index (χ1) is 5.97. The Morgan fingerprint density at radius 3 is 2.31 bits per heavy atom. The molecule has 1 nitrogen and oxygen atoms in total. The molecule has 0 fully saturated rings. The van der Waals surface area contributed by atoms with Crippen molar-refractivity contribution in [1.29, 1.82) is 0 Å². The molecule has 0 saturated heterocycles. The number of hydrogen-bond acceptors (Lipinski definition) is 1. The van der Waals surface area contributed by atoms with Gasteiger partial charge in [0.25, 0.3) is 0 Å². The SMILES string of the molecule is Cc1ccc(C(C)(C)CO)c(C)c1. The summed E-state index contributed by atoms with van der Waals surface area (Å²) in [6.45, 7) is 8.49. The van der Waals surface area contributed by atoms with E-state index < -0.39 is 0 Å². The van der Waals surface area contributed by atoms with Crippen LogP contribution in [-0.4, -0.2) is 11.7 Å². The van der Waals surface area contributed by atoms with Crippen molar-refractivity contribution in [2.24, 2.45) is 0 Å². The lowest BCUT2D eigenvalue weighted by molar-refractivity contribution is 0.218. The molecule has 0 atom stereocenters. The van der Waals surface area contributed by atoms with E-state index in [4.69, 9.17) is 0 Å². The number of benzene rings is 1. The van der Waals surface area contributed by atoms with Gasteiger partial charge in [0.2, 0.25) is 0 Å². The van der Waals surface area contributed by atoms with E-state index in [1.165, 1.54) is 16.7 Å². The van der Waals surface area contributed by atoms with Crippen molar-refractivity contribution in [3.63, 3.8) is 0 Å². The number of rotatable bonds is 2. The van der Waals surface area contributed by atoms with Crippen LogP contribution in [0.15, 0.2) is 18.2 Å². The second-order valence-corrected chi connectivity index (χ2v) is 4.36. The van der Waals surface area contributed by atoms with Crippen LogP contribution in [0.25, 0.3) is 0 Å². The van der Waals surface area contributed by atoms with Gasteiger partial charge in [-0.3, -0.25) is 0 Å². The molecule has 0 aliphatic carbocycles. The van der Waals surface area contributed by atoms with Crippen LogP contribution in [0.2, 0.25) is 0 Å². The number of aliphatic hydroxyl groups excluding tert-OH is 1. The first-order valence-electron chi connectivity index (χ1n) is 4.66.